The van der Waals surface area contributed by atoms with Crippen LogP contribution < -0.4 is 4.73 Å². The number of halogens is 1. The van der Waals surface area contributed by atoms with Gasteiger partial charge in [0.2, 0.25) is 5.82 Å². The summed E-state index contributed by atoms with van der Waals surface area (Å²) < 4.78 is 10.7. The number of rotatable bonds is 4. The molecule has 116 valence electrons. The fourth-order valence-electron chi connectivity index (χ4n) is 1.82. The van der Waals surface area contributed by atoms with Gasteiger partial charge in [-0.15, -0.1) is 0 Å². The van der Waals surface area contributed by atoms with Crippen molar-refractivity contribution in [2.45, 2.75) is 6.61 Å². The van der Waals surface area contributed by atoms with E-state index in [-0.39, 0.29) is 18.1 Å². The van der Waals surface area contributed by atoms with E-state index in [1.807, 2.05) is 0 Å². The van der Waals surface area contributed by atoms with Crippen molar-refractivity contribution in [1.82, 2.24) is 10.1 Å². The van der Waals surface area contributed by atoms with Gasteiger partial charge in [-0.25, -0.2) is 4.79 Å². The summed E-state index contributed by atoms with van der Waals surface area (Å²) in [4.78, 5) is 15.9. The van der Waals surface area contributed by atoms with Crippen molar-refractivity contribution in [2.75, 3.05) is 0 Å². The highest BCUT2D eigenvalue weighted by atomic mass is 35.5. The van der Waals surface area contributed by atoms with E-state index in [4.69, 9.17) is 20.9 Å². The van der Waals surface area contributed by atoms with E-state index >= 15 is 0 Å². The standard InChI is InChI=1S/C15H10ClN3O4/c16-12-4-2-1-3-11(12)14-17-13(23-18-14)9-22-15(20)10-5-7-19(21)8-6-10/h1-8H,9H2. The maximum absolute atomic E-state index is 11.8. The van der Waals surface area contributed by atoms with Gasteiger partial charge in [0.05, 0.1) is 10.6 Å². The third-order valence-electron chi connectivity index (χ3n) is 2.95. The number of benzene rings is 1. The Morgan fingerprint density at radius 3 is 2.74 bits per heavy atom. The third kappa shape index (κ3) is 3.46. The van der Waals surface area contributed by atoms with Crippen molar-refractivity contribution in [3.8, 4) is 11.4 Å². The maximum atomic E-state index is 11.8. The Hall–Kier alpha value is -2.93. The fourth-order valence-corrected chi connectivity index (χ4v) is 2.05. The van der Waals surface area contributed by atoms with Gasteiger partial charge >= 0.3 is 5.97 Å². The lowest BCUT2D eigenvalue weighted by Gasteiger charge is -2.01. The summed E-state index contributed by atoms with van der Waals surface area (Å²) in [5.74, 6) is -0.139. The lowest BCUT2D eigenvalue weighted by atomic mass is 10.2. The monoisotopic (exact) mass is 331 g/mol. The average molecular weight is 332 g/mol. The Morgan fingerprint density at radius 2 is 2.00 bits per heavy atom. The van der Waals surface area contributed by atoms with Gasteiger partial charge in [0.25, 0.3) is 5.89 Å². The molecule has 0 bridgehead atoms. The van der Waals surface area contributed by atoms with Crippen molar-refractivity contribution >= 4 is 17.6 Å². The molecule has 2 aromatic heterocycles. The van der Waals surface area contributed by atoms with Gasteiger partial charge in [0.15, 0.2) is 19.0 Å². The van der Waals surface area contributed by atoms with Gasteiger partial charge in [0, 0.05) is 17.7 Å². The van der Waals surface area contributed by atoms with Gasteiger partial charge in [-0.05, 0) is 12.1 Å². The topological polar surface area (TPSA) is 92.2 Å². The van der Waals surface area contributed by atoms with E-state index in [0.29, 0.717) is 21.1 Å². The Labute approximate surface area is 135 Å². The molecule has 8 heteroatoms. The van der Waals surface area contributed by atoms with Gasteiger partial charge in [-0.1, -0.05) is 28.9 Å². The number of aromatic nitrogens is 3. The van der Waals surface area contributed by atoms with Crippen LogP contribution in [0.15, 0.2) is 53.3 Å². The second kappa shape index (κ2) is 6.45. The van der Waals surface area contributed by atoms with Crippen LogP contribution in [0.3, 0.4) is 0 Å². The zero-order valence-electron chi connectivity index (χ0n) is 11.7. The molecule has 0 spiro atoms. The molecule has 0 aliphatic rings. The highest BCUT2D eigenvalue weighted by Gasteiger charge is 2.14. The number of nitrogens with zero attached hydrogens (tertiary/aromatic N) is 3. The molecule has 0 unspecified atom stereocenters. The minimum absolute atomic E-state index is 0.142. The highest BCUT2D eigenvalue weighted by Crippen LogP contribution is 2.24. The number of hydrogen-bond acceptors (Lipinski definition) is 6. The van der Waals surface area contributed by atoms with E-state index in [1.54, 1.807) is 24.3 Å². The first-order chi connectivity index (χ1) is 11.1. The van der Waals surface area contributed by atoms with Gasteiger partial charge in [0.1, 0.15) is 0 Å². The summed E-state index contributed by atoms with van der Waals surface area (Å²) in [6.07, 6.45) is 2.41. The van der Waals surface area contributed by atoms with Crippen LogP contribution in [-0.4, -0.2) is 16.1 Å². The summed E-state index contributed by atoms with van der Waals surface area (Å²) in [5.41, 5.74) is 0.876. The van der Waals surface area contributed by atoms with Crippen LogP contribution in [-0.2, 0) is 11.3 Å². The Kier molecular flexibility index (Phi) is 4.20. The third-order valence-corrected chi connectivity index (χ3v) is 3.28. The fraction of sp³-hybridized carbons (Fsp3) is 0.0667. The number of carbonyl (C=O) groups is 1. The quantitative estimate of drug-likeness (QED) is 0.414. The molecule has 23 heavy (non-hydrogen) atoms. The Bertz CT molecular complexity index is 833. The molecule has 3 aromatic rings. The van der Waals surface area contributed by atoms with Crippen molar-refractivity contribution in [3.63, 3.8) is 0 Å². The van der Waals surface area contributed by atoms with E-state index in [1.165, 1.54) is 24.5 Å². The van der Waals surface area contributed by atoms with Crippen molar-refractivity contribution in [3.05, 3.63) is 70.5 Å². The number of pyridine rings is 1. The van der Waals surface area contributed by atoms with E-state index in [2.05, 4.69) is 10.1 Å². The minimum Gasteiger partial charge on any atom is -0.619 e. The SMILES string of the molecule is O=C(OCc1nc(-c2ccccc2Cl)no1)c1cc[n+]([O-])cc1. The number of carbonyl (C=O) groups excluding carboxylic acids is 1. The highest BCUT2D eigenvalue weighted by molar-refractivity contribution is 6.33. The van der Waals surface area contributed by atoms with Gasteiger partial charge in [-0.3, -0.25) is 0 Å². The first-order valence-corrected chi connectivity index (χ1v) is 6.95. The Morgan fingerprint density at radius 1 is 1.26 bits per heavy atom. The zero-order chi connectivity index (χ0) is 16.2. The maximum Gasteiger partial charge on any atom is 0.339 e. The van der Waals surface area contributed by atoms with Crippen LogP contribution in [0.1, 0.15) is 16.2 Å². The largest absolute Gasteiger partial charge is 0.619 e. The van der Waals surface area contributed by atoms with Crippen molar-refractivity contribution in [1.29, 1.82) is 0 Å². The molecular weight excluding hydrogens is 322 g/mol. The van der Waals surface area contributed by atoms with Gasteiger partial charge in [-0.2, -0.15) is 9.71 Å². The lowest BCUT2D eigenvalue weighted by molar-refractivity contribution is -0.605. The van der Waals surface area contributed by atoms with Crippen LogP contribution in [0.4, 0.5) is 0 Å². The molecule has 0 aliphatic carbocycles. The van der Waals surface area contributed by atoms with Crippen LogP contribution in [0, 0.1) is 5.21 Å². The predicted molar refractivity (Wildman–Crippen MR) is 79.3 cm³/mol. The van der Waals surface area contributed by atoms with Crippen LogP contribution >= 0.6 is 11.6 Å². The molecule has 0 N–H and O–H groups in total. The first-order valence-electron chi connectivity index (χ1n) is 6.57. The van der Waals surface area contributed by atoms with Crippen LogP contribution in [0.5, 0.6) is 0 Å². The zero-order valence-corrected chi connectivity index (χ0v) is 12.4. The lowest BCUT2D eigenvalue weighted by Crippen LogP contribution is -2.24. The van der Waals surface area contributed by atoms with Crippen molar-refractivity contribution < 1.29 is 18.8 Å². The Balaban J connectivity index is 1.67. The van der Waals surface area contributed by atoms with E-state index in [9.17, 15) is 10.0 Å². The van der Waals surface area contributed by atoms with Crippen molar-refractivity contribution in [2.24, 2.45) is 0 Å². The second-order valence-corrected chi connectivity index (χ2v) is 4.92. The molecule has 0 aliphatic heterocycles. The molecular formula is C15H10ClN3O4. The van der Waals surface area contributed by atoms with Crippen LogP contribution in [0.25, 0.3) is 11.4 Å². The molecule has 0 radical (unpaired) electrons. The van der Waals surface area contributed by atoms with E-state index < -0.39 is 5.97 Å². The molecule has 7 nitrogen and oxygen atoms in total. The number of ether oxygens (including phenoxy) is 1. The summed E-state index contributed by atoms with van der Waals surface area (Å²) in [6.45, 7) is -0.178. The molecule has 2 heterocycles. The predicted octanol–water partition coefficient (Wildman–Crippen LogP) is 2.38. The molecule has 3 rings (SSSR count). The molecule has 0 fully saturated rings. The summed E-state index contributed by atoms with van der Waals surface area (Å²) >= 11 is 6.05. The minimum atomic E-state index is -0.594. The summed E-state index contributed by atoms with van der Waals surface area (Å²) in [5, 5.41) is 15.2. The molecule has 0 saturated carbocycles. The normalized spacial score (nSPS) is 10.5. The van der Waals surface area contributed by atoms with E-state index in [0.717, 1.165) is 0 Å². The summed E-state index contributed by atoms with van der Waals surface area (Å²) in [6, 6.07) is 9.78. The molecule has 0 amide bonds. The first kappa shape index (κ1) is 15.0. The average Bonchev–Trinajstić information content (AvgIpc) is 3.02. The smallest absolute Gasteiger partial charge is 0.339 e. The molecule has 0 atom stereocenters. The number of hydrogen-bond donors (Lipinski definition) is 0. The van der Waals surface area contributed by atoms with Crippen LogP contribution in [0.2, 0.25) is 5.02 Å². The van der Waals surface area contributed by atoms with Gasteiger partial charge < -0.3 is 14.5 Å². The molecule has 0 saturated heterocycles. The number of esters is 1. The molecule has 1 aromatic carbocycles. The summed E-state index contributed by atoms with van der Waals surface area (Å²) in [7, 11) is 0. The second-order valence-electron chi connectivity index (χ2n) is 4.51.